The maximum absolute atomic E-state index is 3.33. The molecule has 9 heavy (non-hydrogen) atoms. The lowest BCUT2D eigenvalue weighted by atomic mass is 10.0. The van der Waals surface area contributed by atoms with Crippen LogP contribution in [0.1, 0.15) is 26.7 Å². The fraction of sp³-hybridized carbons (Fsp3) is 0.714. The Morgan fingerprint density at radius 2 is 1.78 bits per heavy atom. The van der Waals surface area contributed by atoms with Gasteiger partial charge in [-0.05, 0) is 50.6 Å². The molecule has 0 aromatic rings. The molecule has 0 N–H and O–H groups in total. The minimum absolute atomic E-state index is 0.721. The third kappa shape index (κ3) is 5.16. The summed E-state index contributed by atoms with van der Waals surface area (Å²) >= 11 is 6.67. The molecule has 0 rings (SSSR count). The van der Waals surface area contributed by atoms with Gasteiger partial charge in [-0.15, -0.1) is 0 Å². The van der Waals surface area contributed by atoms with E-state index in [-0.39, 0.29) is 0 Å². The molecule has 0 heterocycles. The lowest BCUT2D eigenvalue weighted by Gasteiger charge is -2.03. The van der Waals surface area contributed by atoms with Gasteiger partial charge in [-0.25, -0.2) is 0 Å². The SMILES string of the molecule is CCC(C=C(Br)Br)CC. The van der Waals surface area contributed by atoms with Crippen LogP contribution in [0.3, 0.4) is 0 Å². The van der Waals surface area contributed by atoms with Gasteiger partial charge in [0, 0.05) is 0 Å². The molecule has 0 bridgehead atoms. The van der Waals surface area contributed by atoms with Gasteiger partial charge >= 0.3 is 0 Å². The van der Waals surface area contributed by atoms with Gasteiger partial charge in [0.15, 0.2) is 0 Å². The minimum Gasteiger partial charge on any atom is -0.0648 e. The molecule has 0 aliphatic carbocycles. The van der Waals surface area contributed by atoms with Crippen molar-refractivity contribution in [1.82, 2.24) is 0 Å². The predicted molar refractivity (Wildman–Crippen MR) is 50.0 cm³/mol. The second kappa shape index (κ2) is 5.48. The van der Waals surface area contributed by atoms with Gasteiger partial charge in [0.2, 0.25) is 0 Å². The van der Waals surface area contributed by atoms with E-state index in [1.807, 2.05) is 0 Å². The Labute approximate surface area is 74.0 Å². The molecule has 0 amide bonds. The molecular weight excluding hydrogens is 244 g/mol. The quantitative estimate of drug-likeness (QED) is 0.714. The third-order valence-corrected chi connectivity index (χ3v) is 1.94. The van der Waals surface area contributed by atoms with E-state index >= 15 is 0 Å². The molecule has 0 nitrogen and oxygen atoms in total. The highest BCUT2D eigenvalue weighted by molar-refractivity contribution is 9.28. The van der Waals surface area contributed by atoms with Crippen LogP contribution in [0.5, 0.6) is 0 Å². The van der Waals surface area contributed by atoms with Gasteiger partial charge in [-0.2, -0.15) is 0 Å². The van der Waals surface area contributed by atoms with E-state index in [2.05, 4.69) is 51.8 Å². The van der Waals surface area contributed by atoms with Crippen molar-refractivity contribution in [2.24, 2.45) is 5.92 Å². The topological polar surface area (TPSA) is 0 Å². The van der Waals surface area contributed by atoms with Crippen LogP contribution in [0.4, 0.5) is 0 Å². The Hall–Kier alpha value is 0.700. The summed E-state index contributed by atoms with van der Waals surface area (Å²) in [6.07, 6.45) is 4.63. The number of hydrogen-bond acceptors (Lipinski definition) is 0. The summed E-state index contributed by atoms with van der Waals surface area (Å²) in [6, 6.07) is 0. The molecule has 0 saturated carbocycles. The first-order chi connectivity index (χ1) is 4.20. The first-order valence-electron chi connectivity index (χ1n) is 3.23. The smallest absolute Gasteiger partial charge is 0.0567 e. The first kappa shape index (κ1) is 9.70. The zero-order valence-electron chi connectivity index (χ0n) is 5.82. The van der Waals surface area contributed by atoms with Crippen molar-refractivity contribution in [3.05, 3.63) is 9.47 Å². The average Bonchev–Trinajstić information content (AvgIpc) is 1.82. The van der Waals surface area contributed by atoms with Crippen molar-refractivity contribution in [3.8, 4) is 0 Å². The average molecular weight is 256 g/mol. The fourth-order valence-corrected chi connectivity index (χ4v) is 1.45. The van der Waals surface area contributed by atoms with E-state index in [0.29, 0.717) is 0 Å². The Morgan fingerprint density at radius 3 is 1.89 bits per heavy atom. The Balaban J connectivity index is 3.68. The van der Waals surface area contributed by atoms with Crippen molar-refractivity contribution >= 4 is 31.9 Å². The largest absolute Gasteiger partial charge is 0.0648 e. The van der Waals surface area contributed by atoms with Crippen molar-refractivity contribution < 1.29 is 0 Å². The predicted octanol–water partition coefficient (Wildman–Crippen LogP) is 4.05. The van der Waals surface area contributed by atoms with Crippen LogP contribution in [0.2, 0.25) is 0 Å². The molecule has 0 radical (unpaired) electrons. The Bertz CT molecular complexity index is 89.1. The standard InChI is InChI=1S/C7H12Br2/c1-3-6(4-2)5-7(8)9/h5-6H,3-4H2,1-2H3. The fourth-order valence-electron chi connectivity index (χ4n) is 0.703. The summed E-state index contributed by atoms with van der Waals surface area (Å²) in [7, 11) is 0. The van der Waals surface area contributed by atoms with Crippen molar-refractivity contribution in [3.63, 3.8) is 0 Å². The molecule has 0 aromatic heterocycles. The normalized spacial score (nSPS) is 9.89. The zero-order valence-corrected chi connectivity index (χ0v) is 9.00. The first-order valence-corrected chi connectivity index (χ1v) is 4.82. The monoisotopic (exact) mass is 254 g/mol. The van der Waals surface area contributed by atoms with Crippen LogP contribution < -0.4 is 0 Å². The van der Waals surface area contributed by atoms with Crippen molar-refractivity contribution in [2.45, 2.75) is 26.7 Å². The second-order valence-electron chi connectivity index (χ2n) is 2.03. The lowest BCUT2D eigenvalue weighted by molar-refractivity contribution is 0.607. The van der Waals surface area contributed by atoms with Gasteiger partial charge in [0.1, 0.15) is 0 Å². The third-order valence-electron chi connectivity index (χ3n) is 1.41. The Kier molecular flexibility index (Phi) is 5.91. The Morgan fingerprint density at radius 1 is 1.33 bits per heavy atom. The summed E-state index contributed by atoms with van der Waals surface area (Å²) in [5.41, 5.74) is 0. The summed E-state index contributed by atoms with van der Waals surface area (Å²) < 4.78 is 1.07. The number of halogens is 2. The maximum Gasteiger partial charge on any atom is 0.0567 e. The van der Waals surface area contributed by atoms with Crippen LogP contribution in [0.15, 0.2) is 9.47 Å². The molecular formula is C7H12Br2. The molecule has 0 spiro atoms. The van der Waals surface area contributed by atoms with Crippen LogP contribution in [-0.2, 0) is 0 Å². The van der Waals surface area contributed by atoms with E-state index in [9.17, 15) is 0 Å². The maximum atomic E-state index is 3.33. The lowest BCUT2D eigenvalue weighted by Crippen LogP contribution is -1.89. The highest BCUT2D eigenvalue weighted by Gasteiger charge is 1.97. The number of allylic oxidation sites excluding steroid dienone is 1. The highest BCUT2D eigenvalue weighted by Crippen LogP contribution is 2.19. The van der Waals surface area contributed by atoms with Crippen LogP contribution >= 0.6 is 31.9 Å². The van der Waals surface area contributed by atoms with Gasteiger partial charge in [-0.1, -0.05) is 19.9 Å². The van der Waals surface area contributed by atoms with Crippen LogP contribution in [0.25, 0.3) is 0 Å². The van der Waals surface area contributed by atoms with Gasteiger partial charge < -0.3 is 0 Å². The molecule has 0 atom stereocenters. The van der Waals surface area contributed by atoms with Gasteiger partial charge in [-0.3, -0.25) is 0 Å². The molecule has 0 aliphatic heterocycles. The van der Waals surface area contributed by atoms with E-state index in [4.69, 9.17) is 0 Å². The zero-order chi connectivity index (χ0) is 7.28. The van der Waals surface area contributed by atoms with E-state index in [0.717, 1.165) is 9.31 Å². The molecule has 0 unspecified atom stereocenters. The van der Waals surface area contributed by atoms with E-state index in [1.165, 1.54) is 12.8 Å². The van der Waals surface area contributed by atoms with Gasteiger partial charge in [0.05, 0.1) is 3.39 Å². The van der Waals surface area contributed by atoms with E-state index < -0.39 is 0 Å². The van der Waals surface area contributed by atoms with E-state index in [1.54, 1.807) is 0 Å². The van der Waals surface area contributed by atoms with Crippen LogP contribution in [-0.4, -0.2) is 0 Å². The summed E-state index contributed by atoms with van der Waals surface area (Å²) in [5, 5.41) is 0. The van der Waals surface area contributed by atoms with Crippen LogP contribution in [0, 0.1) is 5.92 Å². The molecule has 0 aliphatic rings. The van der Waals surface area contributed by atoms with Crippen molar-refractivity contribution in [2.75, 3.05) is 0 Å². The number of rotatable bonds is 3. The molecule has 2 heteroatoms. The molecule has 54 valence electrons. The minimum atomic E-state index is 0.721. The second-order valence-corrected chi connectivity index (χ2v) is 4.81. The summed E-state index contributed by atoms with van der Waals surface area (Å²) in [5.74, 6) is 0.721. The summed E-state index contributed by atoms with van der Waals surface area (Å²) in [4.78, 5) is 0. The van der Waals surface area contributed by atoms with Gasteiger partial charge in [0.25, 0.3) is 0 Å². The molecule has 0 aromatic carbocycles. The number of hydrogen-bond donors (Lipinski definition) is 0. The highest BCUT2D eigenvalue weighted by atomic mass is 79.9. The molecule has 0 saturated heterocycles. The summed E-state index contributed by atoms with van der Waals surface area (Å²) in [6.45, 7) is 4.40. The molecule has 0 fully saturated rings. The van der Waals surface area contributed by atoms with Crippen molar-refractivity contribution in [1.29, 1.82) is 0 Å².